The second-order valence-electron chi connectivity index (χ2n) is 12.0. The number of halogens is 1. The number of hydrogen-bond acceptors (Lipinski definition) is 6. The Bertz CT molecular complexity index is 1530. The van der Waals surface area contributed by atoms with Crippen molar-refractivity contribution < 1.29 is 22.7 Å². The maximum atomic E-state index is 15.3. The van der Waals surface area contributed by atoms with Crippen molar-refractivity contribution in [2.24, 2.45) is 11.8 Å². The van der Waals surface area contributed by atoms with E-state index in [0.717, 1.165) is 36.1 Å². The number of piperidine rings is 1. The molecule has 9 nitrogen and oxygen atoms in total. The van der Waals surface area contributed by atoms with Gasteiger partial charge in [-0.05, 0) is 73.8 Å². The van der Waals surface area contributed by atoms with Gasteiger partial charge in [-0.3, -0.25) is 5.10 Å². The molecule has 2 aromatic rings. The van der Waals surface area contributed by atoms with Crippen molar-refractivity contribution in [3.05, 3.63) is 76.7 Å². The summed E-state index contributed by atoms with van der Waals surface area (Å²) in [5, 5.41) is 17.7. The van der Waals surface area contributed by atoms with Gasteiger partial charge in [0, 0.05) is 57.1 Å². The first-order valence-corrected chi connectivity index (χ1v) is 15.9. The van der Waals surface area contributed by atoms with Crippen molar-refractivity contribution >= 4 is 22.0 Å². The summed E-state index contributed by atoms with van der Waals surface area (Å²) in [6.45, 7) is 1.78. The normalized spacial score (nSPS) is 29.3. The maximum Gasteiger partial charge on any atom is 0.383 e. The van der Waals surface area contributed by atoms with Crippen molar-refractivity contribution in [3.63, 3.8) is 0 Å². The quantitative estimate of drug-likeness (QED) is 0.486. The number of benzene rings is 1. The van der Waals surface area contributed by atoms with E-state index in [1.807, 2.05) is 23.2 Å². The van der Waals surface area contributed by atoms with Gasteiger partial charge in [0.2, 0.25) is 5.82 Å². The lowest BCUT2D eigenvalue weighted by Gasteiger charge is -2.46. The van der Waals surface area contributed by atoms with E-state index in [1.54, 1.807) is 23.5 Å². The molecule has 11 heteroatoms. The van der Waals surface area contributed by atoms with E-state index in [2.05, 4.69) is 16.3 Å². The number of nitrogens with zero attached hydrogens (tertiary/aromatic N) is 4. The number of fused-ring (bicyclic) bond motifs is 2. The minimum Gasteiger partial charge on any atom is -0.391 e. The van der Waals surface area contributed by atoms with Gasteiger partial charge >= 0.3 is 10.2 Å². The average molecular weight is 583 g/mol. The van der Waals surface area contributed by atoms with Gasteiger partial charge in [-0.15, -0.1) is 3.89 Å². The van der Waals surface area contributed by atoms with Crippen LogP contribution in [0.3, 0.4) is 0 Å². The molecule has 0 radical (unpaired) electrons. The van der Waals surface area contributed by atoms with Crippen LogP contribution in [0.2, 0.25) is 0 Å². The van der Waals surface area contributed by atoms with Gasteiger partial charge in [0.25, 0.3) is 0 Å². The Morgan fingerprint density at radius 3 is 2.66 bits per heavy atom. The van der Waals surface area contributed by atoms with E-state index in [0.29, 0.717) is 56.4 Å². The van der Waals surface area contributed by atoms with E-state index in [4.69, 9.17) is 4.74 Å². The lowest BCUT2D eigenvalue weighted by molar-refractivity contribution is 0.108. The third kappa shape index (κ3) is 4.49. The molecule has 0 amide bonds. The van der Waals surface area contributed by atoms with Crippen LogP contribution in [0.25, 0.3) is 6.08 Å². The number of H-pyrrole nitrogens is 1. The van der Waals surface area contributed by atoms with Crippen molar-refractivity contribution in [1.82, 2.24) is 23.3 Å². The minimum atomic E-state index is -4.10. The summed E-state index contributed by atoms with van der Waals surface area (Å²) >= 11 is 0. The van der Waals surface area contributed by atoms with Crippen LogP contribution in [-0.2, 0) is 21.4 Å². The standard InChI is InChI=1S/C30H37FN5O4S/c1-40-30(20-2-3-20)22-4-9-29(34-12-11-27(37)18-34)36(19-22,26-7-5-25(31)6-8-26)41(38,39)35-13-10-21-15-28-23(16-32-33-28)14-24(21)17-35/h4-9,15-16,20,24,27,30,37H,2-3,10-14,17-19H2,1H3,(H,32,33)/q+1/t24-,27?,30?,36+/m0/s1. The molecule has 3 aliphatic heterocycles. The van der Waals surface area contributed by atoms with Gasteiger partial charge < -0.3 is 14.7 Å². The van der Waals surface area contributed by atoms with Crippen LogP contribution in [0.1, 0.15) is 36.9 Å². The third-order valence-corrected chi connectivity index (χ3v) is 11.8. The highest BCUT2D eigenvalue weighted by molar-refractivity contribution is 7.88. The van der Waals surface area contributed by atoms with Crippen LogP contribution in [0.15, 0.2) is 59.6 Å². The Kier molecular flexibility index (Phi) is 6.70. The number of ether oxygens (including phenoxy) is 1. The molecule has 41 heavy (non-hydrogen) atoms. The van der Waals surface area contributed by atoms with Crippen LogP contribution in [0, 0.1) is 17.7 Å². The molecular formula is C30H37FN5O4S+. The van der Waals surface area contributed by atoms with E-state index in [9.17, 15) is 9.50 Å². The monoisotopic (exact) mass is 582 g/mol. The van der Waals surface area contributed by atoms with Gasteiger partial charge in [0.05, 0.1) is 24.1 Å². The summed E-state index contributed by atoms with van der Waals surface area (Å²) in [4.78, 5) is 1.99. The number of aliphatic hydroxyl groups is 1. The zero-order valence-electron chi connectivity index (χ0n) is 23.2. The number of methoxy groups -OCH3 is 1. The van der Waals surface area contributed by atoms with E-state index >= 15 is 8.42 Å². The van der Waals surface area contributed by atoms with E-state index in [-0.39, 0.29) is 18.6 Å². The average Bonchev–Trinajstić information content (AvgIpc) is 3.54. The highest BCUT2D eigenvalue weighted by Crippen LogP contribution is 2.46. The Labute approximate surface area is 240 Å². The highest BCUT2D eigenvalue weighted by Gasteiger charge is 2.57. The predicted octanol–water partition coefficient (Wildman–Crippen LogP) is 3.34. The summed E-state index contributed by atoms with van der Waals surface area (Å²) < 4.78 is 51.9. The first kappa shape index (κ1) is 27.0. The molecular weight excluding hydrogens is 545 g/mol. The van der Waals surface area contributed by atoms with E-state index in [1.165, 1.54) is 17.7 Å². The zero-order chi connectivity index (χ0) is 28.4. The summed E-state index contributed by atoms with van der Waals surface area (Å²) in [5.74, 6) is 0.597. The fraction of sp³-hybridized carbons (Fsp3) is 0.500. The Morgan fingerprint density at radius 1 is 1.15 bits per heavy atom. The fourth-order valence-corrected chi connectivity index (χ4v) is 9.41. The molecule has 0 bridgehead atoms. The number of aromatic nitrogens is 2. The number of hydrogen-bond donors (Lipinski definition) is 2. The Balaban J connectivity index is 1.34. The topological polar surface area (TPSA) is 98.8 Å². The van der Waals surface area contributed by atoms with Crippen molar-refractivity contribution in [1.29, 1.82) is 0 Å². The number of quaternary nitrogens is 1. The molecule has 3 fully saturated rings. The molecule has 1 saturated carbocycles. The first-order chi connectivity index (χ1) is 19.8. The first-order valence-electron chi connectivity index (χ1n) is 14.5. The molecule has 0 spiro atoms. The number of likely N-dealkylation sites (tertiary alicyclic amines) is 1. The molecule has 4 heterocycles. The number of aliphatic hydroxyl groups excluding tert-OH is 1. The molecule has 5 aliphatic rings. The summed E-state index contributed by atoms with van der Waals surface area (Å²) in [6.07, 6.45) is 11.2. The SMILES string of the molecule is COC(C1=CC=C(N2CCC(O)C2)[N@@+](c2ccc(F)cc2)(S(=O)(=O)N2CCC3=Cc4[nH]ncc4C[C@H]3C2)C1)C1CC1. The van der Waals surface area contributed by atoms with Crippen LogP contribution in [0.4, 0.5) is 10.1 Å². The second-order valence-corrected chi connectivity index (χ2v) is 14.1. The maximum absolute atomic E-state index is 15.3. The van der Waals surface area contributed by atoms with Gasteiger partial charge in [-0.1, -0.05) is 5.57 Å². The molecule has 4 atom stereocenters. The molecule has 218 valence electrons. The second kappa shape index (κ2) is 10.2. The predicted molar refractivity (Wildman–Crippen MR) is 154 cm³/mol. The number of allylic oxidation sites excluding steroid dienone is 2. The Morgan fingerprint density at radius 2 is 1.95 bits per heavy atom. The number of aromatic amines is 1. The molecule has 2 aliphatic carbocycles. The molecule has 2 unspecified atom stereocenters. The molecule has 7 rings (SSSR count). The number of β-amino-alcohol motifs (C(OH)–C–C–N with tert-alkyl or cyclic N) is 1. The summed E-state index contributed by atoms with van der Waals surface area (Å²) in [6, 6.07) is 5.88. The third-order valence-electron chi connectivity index (χ3n) is 9.49. The van der Waals surface area contributed by atoms with Gasteiger partial charge in [-0.2, -0.15) is 17.8 Å². The van der Waals surface area contributed by atoms with Crippen molar-refractivity contribution in [3.8, 4) is 0 Å². The van der Waals surface area contributed by atoms with Crippen LogP contribution >= 0.6 is 0 Å². The molecule has 2 N–H and O–H groups in total. The molecule has 1 aromatic carbocycles. The number of rotatable bonds is 7. The molecule has 1 aromatic heterocycles. The van der Waals surface area contributed by atoms with Crippen LogP contribution in [-0.4, -0.2) is 85.0 Å². The van der Waals surface area contributed by atoms with Crippen LogP contribution < -0.4 is 3.89 Å². The lowest BCUT2D eigenvalue weighted by atomic mass is 9.83. The van der Waals surface area contributed by atoms with Gasteiger partial charge in [-0.25, -0.2) is 4.39 Å². The Hall–Kier alpha value is -2.83. The minimum absolute atomic E-state index is 0.0657. The fourth-order valence-electron chi connectivity index (χ4n) is 7.21. The van der Waals surface area contributed by atoms with E-state index < -0.39 is 26.0 Å². The number of nitrogens with one attached hydrogen (secondary N) is 1. The lowest BCUT2D eigenvalue weighted by Crippen LogP contribution is -2.65. The van der Waals surface area contributed by atoms with Gasteiger partial charge in [0.1, 0.15) is 12.4 Å². The summed E-state index contributed by atoms with van der Waals surface area (Å²) in [7, 11) is -2.41. The smallest absolute Gasteiger partial charge is 0.383 e. The molecule has 2 saturated heterocycles. The highest BCUT2D eigenvalue weighted by atomic mass is 32.2. The van der Waals surface area contributed by atoms with Crippen molar-refractivity contribution in [2.45, 2.75) is 44.3 Å². The van der Waals surface area contributed by atoms with Crippen LogP contribution in [0.5, 0.6) is 0 Å². The zero-order valence-corrected chi connectivity index (χ0v) is 24.1. The van der Waals surface area contributed by atoms with Crippen molar-refractivity contribution in [2.75, 3.05) is 39.8 Å². The summed E-state index contributed by atoms with van der Waals surface area (Å²) in [5.41, 5.74) is 4.76. The largest absolute Gasteiger partial charge is 0.391 e. The van der Waals surface area contributed by atoms with Gasteiger partial charge in [0.15, 0.2) is 5.69 Å².